The van der Waals surface area contributed by atoms with Crippen molar-refractivity contribution < 1.29 is 18.4 Å². The van der Waals surface area contributed by atoms with E-state index in [1.54, 1.807) is 18.2 Å². The maximum absolute atomic E-state index is 12.8. The number of aromatic nitrogens is 3. The lowest BCUT2D eigenvalue weighted by Gasteiger charge is -2.07. The van der Waals surface area contributed by atoms with Gasteiger partial charge in [-0.2, -0.15) is 0 Å². The molecule has 122 valence electrons. The van der Waals surface area contributed by atoms with Crippen LogP contribution in [-0.2, 0) is 14.8 Å². The van der Waals surface area contributed by atoms with Gasteiger partial charge in [0.15, 0.2) is 5.65 Å². The lowest BCUT2D eigenvalue weighted by Crippen LogP contribution is -2.15. The Labute approximate surface area is 137 Å². The summed E-state index contributed by atoms with van der Waals surface area (Å²) in [4.78, 5) is 18.9. The largest absolute Gasteiger partial charge is 0.288 e. The van der Waals surface area contributed by atoms with Gasteiger partial charge in [0, 0.05) is 23.9 Å². The molecule has 1 amide bonds. The Hall–Kier alpha value is -3.04. The van der Waals surface area contributed by atoms with Gasteiger partial charge >= 0.3 is 0 Å². The predicted molar refractivity (Wildman–Crippen MR) is 85.5 cm³/mol. The van der Waals surface area contributed by atoms with E-state index in [0.29, 0.717) is 10.9 Å². The minimum atomic E-state index is -3.85. The molecule has 0 unspecified atom stereocenters. The van der Waals surface area contributed by atoms with Gasteiger partial charge < -0.3 is 0 Å². The number of fused-ring (bicyclic) bond motifs is 1. The fourth-order valence-corrected chi connectivity index (χ4v) is 3.51. The van der Waals surface area contributed by atoms with Crippen LogP contribution < -0.4 is 5.48 Å². The topological polar surface area (TPSA) is 114 Å². The van der Waals surface area contributed by atoms with Crippen molar-refractivity contribution >= 4 is 33.0 Å². The Morgan fingerprint density at radius 1 is 1.29 bits per heavy atom. The third kappa shape index (κ3) is 2.90. The zero-order valence-electron chi connectivity index (χ0n) is 12.2. The van der Waals surface area contributed by atoms with Gasteiger partial charge in [0.05, 0.1) is 4.90 Å². The van der Waals surface area contributed by atoms with E-state index in [0.717, 1.165) is 10.0 Å². The lowest BCUT2D eigenvalue weighted by atomic mass is 10.2. The summed E-state index contributed by atoms with van der Waals surface area (Å²) in [6, 6.07) is 7.68. The van der Waals surface area contributed by atoms with Crippen LogP contribution in [0, 0.1) is 0 Å². The van der Waals surface area contributed by atoms with Gasteiger partial charge in [0.25, 0.3) is 15.9 Å². The molecule has 0 aliphatic carbocycles. The molecule has 0 atom stereocenters. The van der Waals surface area contributed by atoms with Crippen LogP contribution in [0.25, 0.3) is 17.1 Å². The molecule has 2 aromatic heterocycles. The van der Waals surface area contributed by atoms with Crippen LogP contribution >= 0.6 is 0 Å². The van der Waals surface area contributed by atoms with Gasteiger partial charge in [-0.3, -0.25) is 10.0 Å². The molecule has 24 heavy (non-hydrogen) atoms. The highest BCUT2D eigenvalue weighted by atomic mass is 32.2. The summed E-state index contributed by atoms with van der Waals surface area (Å²) in [7, 11) is -3.85. The van der Waals surface area contributed by atoms with Crippen molar-refractivity contribution in [2.45, 2.75) is 4.90 Å². The zero-order chi connectivity index (χ0) is 17.2. The summed E-state index contributed by atoms with van der Waals surface area (Å²) in [5.74, 6) is -0.712. The molecule has 2 N–H and O–H groups in total. The molecule has 0 bridgehead atoms. The van der Waals surface area contributed by atoms with Crippen molar-refractivity contribution in [1.29, 1.82) is 0 Å². The van der Waals surface area contributed by atoms with Gasteiger partial charge in [-0.05, 0) is 29.8 Å². The van der Waals surface area contributed by atoms with Crippen molar-refractivity contribution in [3.63, 3.8) is 0 Å². The lowest BCUT2D eigenvalue weighted by molar-refractivity contribution is -0.124. The minimum Gasteiger partial charge on any atom is -0.288 e. The molecule has 0 radical (unpaired) electrons. The van der Waals surface area contributed by atoms with Crippen LogP contribution in [0.4, 0.5) is 0 Å². The van der Waals surface area contributed by atoms with Crippen molar-refractivity contribution in [3.8, 4) is 0 Å². The third-order valence-corrected chi connectivity index (χ3v) is 4.93. The number of nitrogens with one attached hydrogen (secondary N) is 1. The highest BCUT2D eigenvalue weighted by Gasteiger charge is 2.19. The van der Waals surface area contributed by atoms with E-state index >= 15 is 0 Å². The molecule has 2 heterocycles. The molecular weight excluding hydrogens is 332 g/mol. The highest BCUT2D eigenvalue weighted by molar-refractivity contribution is 7.90. The number of carbonyl (C=O) groups is 1. The van der Waals surface area contributed by atoms with E-state index in [2.05, 4.69) is 9.97 Å². The van der Waals surface area contributed by atoms with Crippen LogP contribution in [0.1, 0.15) is 5.56 Å². The molecule has 3 rings (SSSR count). The molecule has 0 aliphatic rings. The van der Waals surface area contributed by atoms with E-state index < -0.39 is 15.9 Å². The maximum Gasteiger partial charge on any atom is 0.269 e. The smallest absolute Gasteiger partial charge is 0.269 e. The summed E-state index contributed by atoms with van der Waals surface area (Å²) in [5.41, 5.74) is 2.23. The molecule has 3 aromatic rings. The number of nitrogens with zero attached hydrogens (tertiary/aromatic N) is 3. The molecule has 0 fully saturated rings. The van der Waals surface area contributed by atoms with Crippen LogP contribution in [0.2, 0.25) is 0 Å². The summed E-state index contributed by atoms with van der Waals surface area (Å²) in [6.07, 6.45) is 6.70. The summed E-state index contributed by atoms with van der Waals surface area (Å²) >= 11 is 0. The Morgan fingerprint density at radius 3 is 2.92 bits per heavy atom. The zero-order valence-corrected chi connectivity index (χ0v) is 13.0. The second-order valence-electron chi connectivity index (χ2n) is 4.80. The van der Waals surface area contributed by atoms with Gasteiger partial charge in [-0.1, -0.05) is 12.1 Å². The second-order valence-corrected chi connectivity index (χ2v) is 6.62. The SMILES string of the molecule is O=C(C=Cc1cccc(S(=O)(=O)n2ccc3cncnc32)c1)NO. The number of hydrogen-bond acceptors (Lipinski definition) is 6. The first-order valence-electron chi connectivity index (χ1n) is 6.77. The number of rotatable bonds is 4. The Balaban J connectivity index is 2.04. The molecular formula is C15H12N4O4S. The summed E-state index contributed by atoms with van der Waals surface area (Å²) in [6.45, 7) is 0. The van der Waals surface area contributed by atoms with Crippen molar-refractivity contribution in [2.24, 2.45) is 0 Å². The van der Waals surface area contributed by atoms with E-state index in [4.69, 9.17) is 5.21 Å². The normalized spacial score (nSPS) is 11.9. The van der Waals surface area contributed by atoms with E-state index in [1.165, 1.54) is 42.4 Å². The number of hydrogen-bond donors (Lipinski definition) is 2. The summed E-state index contributed by atoms with van der Waals surface area (Å²) < 4.78 is 26.7. The summed E-state index contributed by atoms with van der Waals surface area (Å²) in [5, 5.41) is 9.07. The Bertz CT molecular complexity index is 1040. The van der Waals surface area contributed by atoms with Gasteiger partial charge in [0.2, 0.25) is 0 Å². The first-order valence-corrected chi connectivity index (χ1v) is 8.21. The molecule has 0 aliphatic heterocycles. The van der Waals surface area contributed by atoms with Gasteiger partial charge in [0.1, 0.15) is 6.33 Å². The van der Waals surface area contributed by atoms with Crippen LogP contribution in [0.3, 0.4) is 0 Å². The highest BCUT2D eigenvalue weighted by Crippen LogP contribution is 2.21. The molecule has 0 spiro atoms. The Kier molecular flexibility index (Phi) is 4.11. The van der Waals surface area contributed by atoms with Crippen LogP contribution in [-0.4, -0.2) is 33.5 Å². The standard InChI is InChI=1S/C15H12N4O4S/c20-14(18-21)5-4-11-2-1-3-13(8-11)24(22,23)19-7-6-12-9-16-10-17-15(12)19/h1-10,21H,(H,18,20). The Morgan fingerprint density at radius 2 is 2.12 bits per heavy atom. The fraction of sp³-hybridized carbons (Fsp3) is 0. The average molecular weight is 344 g/mol. The van der Waals surface area contributed by atoms with Gasteiger partial charge in [-0.25, -0.2) is 27.8 Å². The molecule has 0 saturated heterocycles. The number of amides is 1. The molecule has 9 heteroatoms. The molecule has 8 nitrogen and oxygen atoms in total. The number of hydroxylamine groups is 1. The maximum atomic E-state index is 12.8. The van der Waals surface area contributed by atoms with E-state index in [-0.39, 0.29) is 10.5 Å². The predicted octanol–water partition coefficient (Wildman–Crippen LogP) is 1.19. The minimum absolute atomic E-state index is 0.0465. The third-order valence-electron chi connectivity index (χ3n) is 3.27. The van der Waals surface area contributed by atoms with Crippen LogP contribution in [0.15, 0.2) is 60.0 Å². The van der Waals surface area contributed by atoms with Crippen molar-refractivity contribution in [1.82, 2.24) is 19.4 Å². The number of benzene rings is 1. The first-order chi connectivity index (χ1) is 11.5. The monoisotopic (exact) mass is 344 g/mol. The average Bonchev–Trinajstić information content (AvgIpc) is 3.04. The van der Waals surface area contributed by atoms with E-state index in [9.17, 15) is 13.2 Å². The second kappa shape index (κ2) is 6.22. The van der Waals surface area contributed by atoms with E-state index in [1.807, 2.05) is 0 Å². The number of carbonyl (C=O) groups excluding carboxylic acids is 1. The van der Waals surface area contributed by atoms with Gasteiger partial charge in [-0.15, -0.1) is 0 Å². The van der Waals surface area contributed by atoms with Crippen LogP contribution in [0.5, 0.6) is 0 Å². The van der Waals surface area contributed by atoms with Crippen molar-refractivity contribution in [2.75, 3.05) is 0 Å². The molecule has 0 saturated carbocycles. The quantitative estimate of drug-likeness (QED) is 0.417. The van der Waals surface area contributed by atoms with Crippen molar-refractivity contribution in [3.05, 3.63) is 60.7 Å². The first kappa shape index (κ1) is 15.8. The molecule has 1 aromatic carbocycles. The fourth-order valence-electron chi connectivity index (χ4n) is 2.15.